The van der Waals surface area contributed by atoms with Crippen molar-refractivity contribution in [2.24, 2.45) is 5.92 Å². The molecule has 0 aromatic heterocycles. The monoisotopic (exact) mass is 307 g/mol. The van der Waals surface area contributed by atoms with Crippen LogP contribution in [-0.2, 0) is 6.54 Å². The Morgan fingerprint density at radius 2 is 2.10 bits per heavy atom. The van der Waals surface area contributed by atoms with Crippen molar-refractivity contribution in [1.29, 1.82) is 0 Å². The van der Waals surface area contributed by atoms with E-state index in [1.807, 2.05) is 0 Å². The average molecular weight is 308 g/mol. The molecule has 3 rings (SSSR count). The molecule has 2 fully saturated rings. The number of nitrogens with zero attached hydrogens (tertiary/aromatic N) is 1. The van der Waals surface area contributed by atoms with Gasteiger partial charge in [-0.2, -0.15) is 0 Å². The maximum Gasteiger partial charge on any atom is 0.163 e. The van der Waals surface area contributed by atoms with Crippen LogP contribution >= 0.6 is 11.6 Å². The summed E-state index contributed by atoms with van der Waals surface area (Å²) in [5, 5.41) is 10.9. The van der Waals surface area contributed by atoms with Crippen molar-refractivity contribution in [2.45, 2.75) is 51.6 Å². The zero-order chi connectivity index (χ0) is 15.0. The lowest BCUT2D eigenvalue weighted by Crippen LogP contribution is -2.34. The van der Waals surface area contributed by atoms with Crippen LogP contribution in [0, 0.1) is 5.92 Å². The van der Waals surface area contributed by atoms with E-state index in [9.17, 15) is 9.90 Å². The van der Waals surface area contributed by atoms with Gasteiger partial charge in [-0.1, -0.05) is 24.4 Å². The topological polar surface area (TPSA) is 40.5 Å². The van der Waals surface area contributed by atoms with Gasteiger partial charge in [-0.3, -0.25) is 9.69 Å². The Labute approximate surface area is 130 Å². The zero-order valence-corrected chi connectivity index (χ0v) is 13.2. The number of hydrogen-bond donors (Lipinski definition) is 1. The summed E-state index contributed by atoms with van der Waals surface area (Å²) >= 11 is 6.11. The summed E-state index contributed by atoms with van der Waals surface area (Å²) in [6, 6.07) is 3.98. The first kappa shape index (κ1) is 14.9. The number of phenols is 1. The van der Waals surface area contributed by atoms with Crippen molar-refractivity contribution in [3.8, 4) is 5.75 Å². The molecule has 0 spiro atoms. The van der Waals surface area contributed by atoms with Crippen LogP contribution in [0.15, 0.2) is 12.1 Å². The van der Waals surface area contributed by atoms with E-state index in [2.05, 4.69) is 4.90 Å². The number of rotatable bonds is 3. The molecule has 1 saturated heterocycles. The number of carbonyl (C=O) groups excluding carboxylic acids is 1. The van der Waals surface area contributed by atoms with Crippen molar-refractivity contribution in [1.82, 2.24) is 4.90 Å². The van der Waals surface area contributed by atoms with E-state index in [0.717, 1.165) is 18.0 Å². The molecular weight excluding hydrogens is 286 g/mol. The molecule has 2 atom stereocenters. The van der Waals surface area contributed by atoms with Crippen molar-refractivity contribution < 1.29 is 9.90 Å². The number of benzene rings is 1. The summed E-state index contributed by atoms with van der Waals surface area (Å²) in [5.41, 5.74) is 1.11. The average Bonchev–Trinajstić information content (AvgIpc) is 2.85. The van der Waals surface area contributed by atoms with E-state index < -0.39 is 0 Å². The van der Waals surface area contributed by atoms with E-state index in [1.165, 1.54) is 39.0 Å². The minimum atomic E-state index is -0.145. The maximum absolute atomic E-state index is 11.6. The first-order valence-electron chi connectivity index (χ1n) is 7.82. The molecule has 0 amide bonds. The lowest BCUT2D eigenvalue weighted by Gasteiger charge is -2.32. The predicted octanol–water partition coefficient (Wildman–Crippen LogP) is 4.01. The second kappa shape index (κ2) is 5.98. The quantitative estimate of drug-likeness (QED) is 0.858. The summed E-state index contributed by atoms with van der Waals surface area (Å²) < 4.78 is 0. The standard InChI is InChI=1S/C17H22ClNO2/c1-11(20)15-9-14(18)8-13(17(15)21)10-19-7-6-12-4-2-3-5-16(12)19/h8-9,12,16,21H,2-7,10H2,1H3. The fraction of sp³-hybridized carbons (Fsp3) is 0.588. The summed E-state index contributed by atoms with van der Waals surface area (Å²) in [5.74, 6) is 0.770. The molecule has 0 bridgehead atoms. The van der Waals surface area contributed by atoms with Crippen LogP contribution in [0.1, 0.15) is 54.9 Å². The van der Waals surface area contributed by atoms with Gasteiger partial charge in [0, 0.05) is 23.2 Å². The second-order valence-corrected chi connectivity index (χ2v) is 6.82. The number of likely N-dealkylation sites (tertiary alicyclic amines) is 1. The molecule has 1 saturated carbocycles. The van der Waals surface area contributed by atoms with Gasteiger partial charge in [0.05, 0.1) is 5.56 Å². The number of aromatic hydroxyl groups is 1. The van der Waals surface area contributed by atoms with Crippen LogP contribution in [0.5, 0.6) is 5.75 Å². The number of fused-ring (bicyclic) bond motifs is 1. The molecule has 1 aliphatic carbocycles. The van der Waals surface area contributed by atoms with E-state index in [1.54, 1.807) is 12.1 Å². The lowest BCUT2D eigenvalue weighted by atomic mass is 9.85. The van der Waals surface area contributed by atoms with Gasteiger partial charge in [-0.15, -0.1) is 0 Å². The Hall–Kier alpha value is -1.06. The highest BCUT2D eigenvalue weighted by Crippen LogP contribution is 2.38. The lowest BCUT2D eigenvalue weighted by molar-refractivity contribution is 0.101. The molecule has 2 aliphatic rings. The number of halogens is 1. The van der Waals surface area contributed by atoms with Crippen LogP contribution in [0.2, 0.25) is 5.02 Å². The minimum absolute atomic E-state index is 0.103. The van der Waals surface area contributed by atoms with Gasteiger partial charge in [0.2, 0.25) is 0 Å². The largest absolute Gasteiger partial charge is 0.507 e. The molecule has 1 aromatic carbocycles. The molecule has 114 valence electrons. The first-order valence-corrected chi connectivity index (χ1v) is 8.20. The Balaban J connectivity index is 1.83. The highest BCUT2D eigenvalue weighted by molar-refractivity contribution is 6.31. The Morgan fingerprint density at radius 1 is 1.33 bits per heavy atom. The van der Waals surface area contributed by atoms with Gasteiger partial charge >= 0.3 is 0 Å². The van der Waals surface area contributed by atoms with Crippen LogP contribution < -0.4 is 0 Å². The van der Waals surface area contributed by atoms with E-state index in [4.69, 9.17) is 11.6 Å². The number of carbonyl (C=O) groups is 1. The van der Waals surface area contributed by atoms with Crippen molar-refractivity contribution >= 4 is 17.4 Å². The highest BCUT2D eigenvalue weighted by atomic mass is 35.5. The summed E-state index contributed by atoms with van der Waals surface area (Å²) in [7, 11) is 0. The van der Waals surface area contributed by atoms with E-state index >= 15 is 0 Å². The molecule has 1 N–H and O–H groups in total. The third-order valence-electron chi connectivity index (χ3n) is 5.03. The van der Waals surface area contributed by atoms with Crippen LogP contribution in [0.25, 0.3) is 0 Å². The van der Waals surface area contributed by atoms with Gasteiger partial charge in [0.25, 0.3) is 0 Å². The van der Waals surface area contributed by atoms with Crippen molar-refractivity contribution in [2.75, 3.05) is 6.54 Å². The highest BCUT2D eigenvalue weighted by Gasteiger charge is 2.35. The third kappa shape index (κ3) is 2.95. The first-order chi connectivity index (χ1) is 10.1. The third-order valence-corrected chi connectivity index (χ3v) is 5.25. The fourth-order valence-corrected chi connectivity index (χ4v) is 4.20. The summed E-state index contributed by atoms with van der Waals surface area (Å²) in [6.07, 6.45) is 6.50. The number of hydrogen-bond acceptors (Lipinski definition) is 3. The van der Waals surface area contributed by atoms with Crippen LogP contribution in [0.3, 0.4) is 0 Å². The van der Waals surface area contributed by atoms with Crippen molar-refractivity contribution in [3.63, 3.8) is 0 Å². The fourth-order valence-electron chi connectivity index (χ4n) is 3.96. The van der Waals surface area contributed by atoms with Gasteiger partial charge in [0.1, 0.15) is 5.75 Å². The summed E-state index contributed by atoms with van der Waals surface area (Å²) in [6.45, 7) is 3.23. The van der Waals surface area contributed by atoms with Crippen LogP contribution in [0.4, 0.5) is 0 Å². The Kier molecular flexibility index (Phi) is 4.23. The molecule has 1 aliphatic heterocycles. The molecular formula is C17H22ClNO2. The normalized spacial score (nSPS) is 25.8. The SMILES string of the molecule is CC(=O)c1cc(Cl)cc(CN2CCC3CCCCC32)c1O. The van der Waals surface area contributed by atoms with Crippen molar-refractivity contribution in [3.05, 3.63) is 28.3 Å². The second-order valence-electron chi connectivity index (χ2n) is 6.39. The Bertz CT molecular complexity index is 558. The predicted molar refractivity (Wildman–Crippen MR) is 83.9 cm³/mol. The smallest absolute Gasteiger partial charge is 0.163 e. The Morgan fingerprint density at radius 3 is 2.86 bits per heavy atom. The maximum atomic E-state index is 11.6. The zero-order valence-electron chi connectivity index (χ0n) is 12.4. The number of phenolic OH excluding ortho intramolecular Hbond substituents is 1. The number of ketones is 1. The molecule has 2 unspecified atom stereocenters. The molecule has 21 heavy (non-hydrogen) atoms. The molecule has 1 heterocycles. The van der Waals surface area contributed by atoms with Gasteiger partial charge in [-0.05, 0) is 50.8 Å². The van der Waals surface area contributed by atoms with Gasteiger partial charge in [0.15, 0.2) is 5.78 Å². The van der Waals surface area contributed by atoms with E-state index in [0.29, 0.717) is 23.2 Å². The van der Waals surface area contributed by atoms with Gasteiger partial charge < -0.3 is 5.11 Å². The minimum Gasteiger partial charge on any atom is -0.507 e. The molecule has 3 nitrogen and oxygen atoms in total. The molecule has 0 radical (unpaired) electrons. The van der Waals surface area contributed by atoms with Gasteiger partial charge in [-0.25, -0.2) is 0 Å². The molecule has 1 aromatic rings. The summed E-state index contributed by atoms with van der Waals surface area (Å²) in [4.78, 5) is 14.1. The number of Topliss-reactive ketones (excluding diaryl/α,β-unsaturated/α-hetero) is 1. The molecule has 4 heteroatoms. The van der Waals surface area contributed by atoms with Crippen LogP contribution in [-0.4, -0.2) is 28.4 Å². The van der Waals surface area contributed by atoms with E-state index in [-0.39, 0.29) is 11.5 Å².